The number of aliphatic hydroxyl groups excluding tert-OH is 4. The van der Waals surface area contributed by atoms with Gasteiger partial charge in [-0.15, -0.1) is 0 Å². The van der Waals surface area contributed by atoms with Crippen molar-refractivity contribution in [2.45, 2.75) is 204 Å². The van der Waals surface area contributed by atoms with Crippen LogP contribution in [-0.2, 0) is 41.8 Å². The van der Waals surface area contributed by atoms with Crippen molar-refractivity contribution in [2.75, 3.05) is 19.8 Å². The van der Waals surface area contributed by atoms with Crippen LogP contribution < -0.4 is 5.73 Å². The van der Waals surface area contributed by atoms with Gasteiger partial charge in [-0.05, 0) is 25.8 Å². The Morgan fingerprint density at radius 1 is 0.554 bits per heavy atom. The zero-order chi connectivity index (χ0) is 41.8. The number of aliphatic hydroxyl groups is 4. The van der Waals surface area contributed by atoms with Crippen molar-refractivity contribution < 1.29 is 76.9 Å². The van der Waals surface area contributed by atoms with Crippen molar-refractivity contribution in [3.05, 3.63) is 0 Å². The summed E-state index contributed by atoms with van der Waals surface area (Å²) in [6, 6.07) is 0. The van der Waals surface area contributed by atoms with Gasteiger partial charge in [0.15, 0.2) is 6.10 Å². The molecule has 1 rings (SSSR count). The van der Waals surface area contributed by atoms with Gasteiger partial charge < -0.3 is 50.3 Å². The molecule has 3 unspecified atom stereocenters. The molecule has 56 heavy (non-hydrogen) atoms. The van der Waals surface area contributed by atoms with Gasteiger partial charge in [0.05, 0.1) is 6.61 Å². The van der Waals surface area contributed by atoms with Gasteiger partial charge in [0.25, 0.3) is 0 Å². The second kappa shape index (κ2) is 30.9. The first-order valence-corrected chi connectivity index (χ1v) is 23.8. The van der Waals surface area contributed by atoms with Crippen LogP contribution in [0.3, 0.4) is 0 Å². The monoisotopic (exact) mass is 849 g/mol. The number of hydrogen-bond acceptors (Lipinski definition) is 14. The van der Waals surface area contributed by atoms with E-state index in [9.17, 15) is 44.0 Å². The fourth-order valence-corrected chi connectivity index (χ4v) is 8.05. The van der Waals surface area contributed by atoms with E-state index < -0.39 is 83.5 Å². The van der Waals surface area contributed by atoms with Gasteiger partial charge in [-0.2, -0.15) is 0 Å². The van der Waals surface area contributed by atoms with Crippen molar-refractivity contribution in [2.24, 2.45) is 5.73 Å². The summed E-state index contributed by atoms with van der Waals surface area (Å²) in [5.41, 5.74) is 5.52. The minimum atomic E-state index is -5.30. The number of nitrogens with two attached hydrogens (primary N) is 1. The number of phosphoric acid groups is 2. The molecule has 1 saturated carbocycles. The number of carbonyl (C=O) groups is 2. The highest BCUT2D eigenvalue weighted by Crippen LogP contribution is 2.48. The van der Waals surface area contributed by atoms with Crippen LogP contribution >= 0.6 is 15.6 Å². The minimum Gasteiger partial charge on any atom is -0.462 e. The first-order valence-electron chi connectivity index (χ1n) is 20.8. The van der Waals surface area contributed by atoms with Gasteiger partial charge in [-0.3, -0.25) is 23.2 Å². The molecule has 332 valence electrons. The minimum absolute atomic E-state index is 0.0522. The predicted octanol–water partition coefficient (Wildman–Crippen LogP) is 5.22. The van der Waals surface area contributed by atoms with Crippen molar-refractivity contribution in [3.8, 4) is 0 Å². The smallest absolute Gasteiger partial charge is 0.462 e. The van der Waals surface area contributed by atoms with Gasteiger partial charge in [0, 0.05) is 12.8 Å². The van der Waals surface area contributed by atoms with Crippen molar-refractivity contribution in [3.63, 3.8) is 0 Å². The molecule has 0 aliphatic heterocycles. The van der Waals surface area contributed by atoms with Gasteiger partial charge in [-0.25, -0.2) is 9.13 Å². The predicted molar refractivity (Wildman–Crippen MR) is 208 cm³/mol. The lowest BCUT2D eigenvalue weighted by Gasteiger charge is -2.43. The number of esters is 2. The third-order valence-electron chi connectivity index (χ3n) is 9.78. The summed E-state index contributed by atoms with van der Waals surface area (Å²) in [6.45, 7) is 1.60. The molecule has 0 aromatic rings. The Kier molecular flexibility index (Phi) is 29.3. The summed E-state index contributed by atoms with van der Waals surface area (Å²) < 4.78 is 48.9. The maximum atomic E-state index is 12.9. The maximum absolute atomic E-state index is 12.9. The van der Waals surface area contributed by atoms with Crippen LogP contribution in [-0.4, -0.2) is 110 Å². The van der Waals surface area contributed by atoms with E-state index in [4.69, 9.17) is 34.0 Å². The van der Waals surface area contributed by atoms with Crippen LogP contribution in [0.1, 0.15) is 161 Å². The molecule has 1 aliphatic carbocycles. The zero-order valence-electron chi connectivity index (χ0n) is 33.4. The third-order valence-corrected chi connectivity index (χ3v) is 11.3. The molecular weight excluding hydrogens is 776 g/mol. The van der Waals surface area contributed by atoms with E-state index in [-0.39, 0.29) is 12.8 Å². The lowest BCUT2D eigenvalue weighted by molar-refractivity contribution is -0.216. The van der Waals surface area contributed by atoms with Crippen molar-refractivity contribution in [1.82, 2.24) is 0 Å². The number of ether oxygens (including phenoxy) is 2. The first kappa shape index (κ1) is 53.0. The molecular formula is C37H73NO16P2. The van der Waals surface area contributed by atoms with E-state index in [0.29, 0.717) is 19.4 Å². The summed E-state index contributed by atoms with van der Waals surface area (Å²) in [6.07, 6.45) is 9.08. The van der Waals surface area contributed by atoms with Gasteiger partial charge in [0.1, 0.15) is 43.2 Å². The van der Waals surface area contributed by atoms with Gasteiger partial charge in [0.2, 0.25) is 0 Å². The van der Waals surface area contributed by atoms with Crippen LogP contribution in [0.5, 0.6) is 0 Å². The SMILES string of the molecule is CCCCCCCCCCCCCCCC(=O)O[C@H](COC(=O)CCCCCCCCCCCN)COP(=O)(O)OC1[C@H](O)[C@H](O)C(OP(=O)(O)O)[C@H](O)[C@H]1O. The van der Waals surface area contributed by atoms with Crippen LogP contribution in [0.25, 0.3) is 0 Å². The number of rotatable bonds is 35. The summed E-state index contributed by atoms with van der Waals surface area (Å²) in [7, 11) is -10.6. The Balaban J connectivity index is 2.63. The van der Waals surface area contributed by atoms with E-state index in [1.807, 2.05) is 0 Å². The van der Waals surface area contributed by atoms with E-state index in [0.717, 1.165) is 77.0 Å². The van der Waals surface area contributed by atoms with Crippen molar-refractivity contribution >= 4 is 27.6 Å². The number of carbonyl (C=O) groups excluding carboxylic acids is 2. The normalized spacial score (nSPS) is 23.1. The number of hydrogen-bond donors (Lipinski definition) is 8. The van der Waals surface area contributed by atoms with E-state index in [1.54, 1.807) is 0 Å². The van der Waals surface area contributed by atoms with Crippen molar-refractivity contribution in [1.29, 1.82) is 0 Å². The molecule has 17 nitrogen and oxygen atoms in total. The Morgan fingerprint density at radius 3 is 1.34 bits per heavy atom. The Labute approximate surface area is 333 Å². The average molecular weight is 850 g/mol. The lowest BCUT2D eigenvalue weighted by atomic mass is 9.85. The molecule has 0 saturated heterocycles. The topological polar surface area (TPSA) is 282 Å². The molecule has 0 aromatic heterocycles. The Bertz CT molecular complexity index is 1110. The molecule has 0 spiro atoms. The second-order valence-corrected chi connectivity index (χ2v) is 17.5. The molecule has 0 bridgehead atoms. The first-order chi connectivity index (χ1) is 26.6. The molecule has 0 amide bonds. The third kappa shape index (κ3) is 25.4. The molecule has 19 heteroatoms. The van der Waals surface area contributed by atoms with Crippen LogP contribution in [0, 0.1) is 0 Å². The quantitative estimate of drug-likeness (QED) is 0.0230. The van der Waals surface area contributed by atoms with Gasteiger partial charge >= 0.3 is 27.6 Å². The zero-order valence-corrected chi connectivity index (χ0v) is 35.2. The molecule has 0 radical (unpaired) electrons. The molecule has 0 heterocycles. The highest BCUT2D eigenvalue weighted by atomic mass is 31.2. The highest BCUT2D eigenvalue weighted by Gasteiger charge is 2.54. The number of unbranched alkanes of at least 4 members (excludes halogenated alkanes) is 20. The second-order valence-electron chi connectivity index (χ2n) is 14.9. The molecule has 1 fully saturated rings. The molecule has 9 N–H and O–H groups in total. The molecule has 8 atom stereocenters. The van der Waals surface area contributed by atoms with Crippen LogP contribution in [0.4, 0.5) is 0 Å². The van der Waals surface area contributed by atoms with Crippen LogP contribution in [0.15, 0.2) is 0 Å². The molecule has 0 aromatic carbocycles. The summed E-state index contributed by atoms with van der Waals surface area (Å²) in [5.74, 6) is -1.20. The number of phosphoric ester groups is 2. The van der Waals surface area contributed by atoms with E-state index in [1.165, 1.54) is 51.4 Å². The maximum Gasteiger partial charge on any atom is 0.472 e. The average Bonchev–Trinajstić information content (AvgIpc) is 3.14. The standard InChI is InChI=1S/C37H73NO16P2/c1-2-3-4-5-6-7-8-9-10-12-16-19-22-25-31(40)52-29(27-50-30(39)24-21-18-15-13-11-14-17-20-23-26-38)28-51-56(48,49)54-37-34(43)32(41)36(33(42)35(37)44)53-55(45,46)47/h29,32-37,41-44H,2-28,38H2,1H3,(H,48,49)(H2,45,46,47)/t29-,32-,33+,34-,35-,36?,37?/m1/s1. The van der Waals surface area contributed by atoms with E-state index in [2.05, 4.69) is 11.4 Å². The summed E-state index contributed by atoms with van der Waals surface area (Å²) >= 11 is 0. The lowest BCUT2D eigenvalue weighted by Crippen LogP contribution is -2.64. The largest absolute Gasteiger partial charge is 0.472 e. The molecule has 1 aliphatic rings. The summed E-state index contributed by atoms with van der Waals surface area (Å²) in [4.78, 5) is 53.7. The highest BCUT2D eigenvalue weighted by molar-refractivity contribution is 7.47. The van der Waals surface area contributed by atoms with E-state index >= 15 is 0 Å². The fourth-order valence-electron chi connectivity index (χ4n) is 6.51. The summed E-state index contributed by atoms with van der Waals surface area (Å²) in [5, 5.41) is 41.3. The Morgan fingerprint density at radius 2 is 0.929 bits per heavy atom. The van der Waals surface area contributed by atoms with Crippen LogP contribution in [0.2, 0.25) is 0 Å². The van der Waals surface area contributed by atoms with Gasteiger partial charge in [-0.1, -0.05) is 129 Å². The Hall–Kier alpha value is -1.04. The fraction of sp³-hybridized carbons (Fsp3) is 0.946.